The Bertz CT molecular complexity index is 1480. The van der Waals surface area contributed by atoms with Gasteiger partial charge in [0, 0.05) is 5.69 Å². The van der Waals surface area contributed by atoms with Gasteiger partial charge >= 0.3 is 6.03 Å². The average Bonchev–Trinajstić information content (AvgIpc) is 2.88. The van der Waals surface area contributed by atoms with E-state index in [0.717, 1.165) is 4.90 Å². The van der Waals surface area contributed by atoms with Crippen molar-refractivity contribution in [3.05, 3.63) is 85.4 Å². The minimum atomic E-state index is -0.916. The number of nitrogens with zero attached hydrogens (tertiary/aromatic N) is 1. The van der Waals surface area contributed by atoms with Crippen LogP contribution in [0.15, 0.2) is 66.2 Å². The van der Waals surface area contributed by atoms with Crippen LogP contribution < -0.4 is 25.0 Å². The Hall–Kier alpha value is -3.61. The molecule has 0 aromatic heterocycles. The monoisotopic (exact) mass is 665 g/mol. The van der Waals surface area contributed by atoms with E-state index in [1.807, 2.05) is 28.7 Å². The molecule has 4 rings (SSSR count). The van der Waals surface area contributed by atoms with Gasteiger partial charge < -0.3 is 14.8 Å². The Morgan fingerprint density at radius 2 is 1.79 bits per heavy atom. The number of halogens is 3. The molecule has 0 aliphatic carbocycles. The number of barbiturate groups is 1. The molecule has 5 amide bonds. The number of ether oxygens (including phenoxy) is 2. The fourth-order valence-electron chi connectivity index (χ4n) is 3.50. The molecule has 38 heavy (non-hydrogen) atoms. The van der Waals surface area contributed by atoms with E-state index in [1.165, 1.54) is 31.4 Å². The molecule has 0 spiro atoms. The van der Waals surface area contributed by atoms with Crippen molar-refractivity contribution < 1.29 is 28.7 Å². The molecular weight excluding hydrogens is 648 g/mol. The van der Waals surface area contributed by atoms with E-state index < -0.39 is 17.8 Å². The van der Waals surface area contributed by atoms with E-state index in [0.29, 0.717) is 20.6 Å². The van der Waals surface area contributed by atoms with Crippen LogP contribution in [0.3, 0.4) is 0 Å². The van der Waals surface area contributed by atoms with Gasteiger partial charge in [-0.15, -0.1) is 0 Å². The average molecular weight is 666 g/mol. The molecular formula is C26H18Cl2IN3O6. The largest absolute Gasteiger partial charge is 0.493 e. The number of benzene rings is 3. The predicted molar refractivity (Wildman–Crippen MR) is 152 cm³/mol. The third-order valence-corrected chi connectivity index (χ3v) is 6.77. The first-order chi connectivity index (χ1) is 18.2. The van der Waals surface area contributed by atoms with Crippen LogP contribution in [0.25, 0.3) is 6.08 Å². The minimum Gasteiger partial charge on any atom is -0.493 e. The van der Waals surface area contributed by atoms with E-state index in [1.54, 1.807) is 36.4 Å². The number of carbonyl (C=O) groups is 4. The van der Waals surface area contributed by atoms with Crippen molar-refractivity contribution in [1.29, 1.82) is 0 Å². The number of nitrogens with one attached hydrogen (secondary N) is 2. The van der Waals surface area contributed by atoms with Crippen molar-refractivity contribution in [1.82, 2.24) is 5.32 Å². The molecule has 3 aromatic rings. The summed E-state index contributed by atoms with van der Waals surface area (Å²) in [7, 11) is 1.42. The van der Waals surface area contributed by atoms with Crippen LogP contribution in [0.1, 0.15) is 5.56 Å². The predicted octanol–water partition coefficient (Wildman–Crippen LogP) is 5.29. The summed E-state index contributed by atoms with van der Waals surface area (Å²) in [6.07, 6.45) is 1.32. The molecule has 1 saturated heterocycles. The number of para-hydroxylation sites is 1. The highest BCUT2D eigenvalue weighted by molar-refractivity contribution is 14.1. The van der Waals surface area contributed by atoms with Gasteiger partial charge in [0.15, 0.2) is 18.1 Å². The van der Waals surface area contributed by atoms with Gasteiger partial charge in [0.05, 0.1) is 26.4 Å². The fourth-order valence-corrected chi connectivity index (χ4v) is 4.58. The number of hydrogen-bond acceptors (Lipinski definition) is 6. The smallest absolute Gasteiger partial charge is 0.335 e. The van der Waals surface area contributed by atoms with E-state index in [2.05, 4.69) is 10.6 Å². The summed E-state index contributed by atoms with van der Waals surface area (Å²) in [6.45, 7) is -0.274. The maximum Gasteiger partial charge on any atom is 0.335 e. The molecule has 0 saturated carbocycles. The second-order valence-corrected chi connectivity index (χ2v) is 9.77. The summed E-state index contributed by atoms with van der Waals surface area (Å²) in [5.74, 6) is -1.48. The Kier molecular flexibility index (Phi) is 8.55. The number of methoxy groups -OCH3 is 1. The van der Waals surface area contributed by atoms with Crippen LogP contribution in [0.4, 0.5) is 16.2 Å². The summed E-state index contributed by atoms with van der Waals surface area (Å²) < 4.78 is 11.7. The number of anilines is 2. The van der Waals surface area contributed by atoms with Gasteiger partial charge in [0.25, 0.3) is 17.7 Å². The lowest BCUT2D eigenvalue weighted by atomic mass is 10.1. The molecule has 0 atom stereocenters. The number of hydrogen-bond donors (Lipinski definition) is 2. The molecule has 0 unspecified atom stereocenters. The zero-order chi connectivity index (χ0) is 27.4. The molecule has 1 heterocycles. The van der Waals surface area contributed by atoms with E-state index >= 15 is 0 Å². The molecule has 2 N–H and O–H groups in total. The first-order valence-electron chi connectivity index (χ1n) is 10.9. The molecule has 3 aromatic carbocycles. The zero-order valence-electron chi connectivity index (χ0n) is 19.6. The highest BCUT2D eigenvalue weighted by atomic mass is 127. The van der Waals surface area contributed by atoms with Crippen LogP contribution in [0, 0.1) is 3.57 Å². The standard InChI is InChI=1S/C26H18Cl2IN3O6/c1-37-21-11-14(10-20(29)23(21)38-13-22(33)30-15-5-3-2-4-6-15)9-17-24(34)31-26(36)32(25(17)35)16-7-8-18(27)19(28)12-16/h2-12H,13H2,1H3,(H,30,33)(H,31,34,36)/b17-9+. The van der Waals surface area contributed by atoms with Crippen molar-refractivity contribution in [3.8, 4) is 11.5 Å². The Morgan fingerprint density at radius 3 is 2.47 bits per heavy atom. The lowest BCUT2D eigenvalue weighted by Crippen LogP contribution is -2.54. The number of urea groups is 1. The van der Waals surface area contributed by atoms with Crippen molar-refractivity contribution in [2.24, 2.45) is 0 Å². The summed E-state index contributed by atoms with van der Waals surface area (Å²) in [4.78, 5) is 51.3. The number of rotatable bonds is 7. The van der Waals surface area contributed by atoms with E-state index in [-0.39, 0.29) is 39.6 Å². The van der Waals surface area contributed by atoms with Gasteiger partial charge in [-0.25, -0.2) is 9.69 Å². The number of carbonyl (C=O) groups excluding carboxylic acids is 4. The SMILES string of the molecule is COc1cc(/C=C2\C(=O)NC(=O)N(c3ccc(Cl)c(Cl)c3)C2=O)cc(I)c1OCC(=O)Nc1ccccc1. The van der Waals surface area contributed by atoms with E-state index in [9.17, 15) is 19.2 Å². The van der Waals surface area contributed by atoms with Crippen LogP contribution >= 0.6 is 45.8 Å². The van der Waals surface area contributed by atoms with Gasteiger partial charge in [0.2, 0.25) is 0 Å². The van der Waals surface area contributed by atoms with Crippen molar-refractivity contribution in [3.63, 3.8) is 0 Å². The van der Waals surface area contributed by atoms with Crippen molar-refractivity contribution >= 4 is 87.0 Å². The maximum absolute atomic E-state index is 13.2. The maximum atomic E-state index is 13.2. The summed E-state index contributed by atoms with van der Waals surface area (Å²) in [5, 5.41) is 5.26. The van der Waals surface area contributed by atoms with Crippen LogP contribution in [0.2, 0.25) is 10.0 Å². The highest BCUT2D eigenvalue weighted by Gasteiger charge is 2.37. The molecule has 1 fully saturated rings. The molecule has 12 heteroatoms. The summed E-state index contributed by atoms with van der Waals surface area (Å²) in [6, 6.07) is 15.4. The molecule has 0 bridgehead atoms. The van der Waals surface area contributed by atoms with Gasteiger partial charge in [-0.3, -0.25) is 19.7 Å². The Labute approximate surface area is 240 Å². The first kappa shape index (κ1) is 27.4. The summed E-state index contributed by atoms with van der Waals surface area (Å²) in [5.41, 5.74) is 0.914. The lowest BCUT2D eigenvalue weighted by Gasteiger charge is -2.26. The number of imide groups is 2. The minimum absolute atomic E-state index is 0.138. The normalized spacial score (nSPS) is 14.4. The molecule has 194 valence electrons. The molecule has 9 nitrogen and oxygen atoms in total. The highest BCUT2D eigenvalue weighted by Crippen LogP contribution is 2.35. The third kappa shape index (κ3) is 6.09. The van der Waals surface area contributed by atoms with Crippen LogP contribution in [0.5, 0.6) is 11.5 Å². The Balaban J connectivity index is 1.58. The molecule has 0 radical (unpaired) electrons. The third-order valence-electron chi connectivity index (χ3n) is 5.23. The topological polar surface area (TPSA) is 114 Å². The van der Waals surface area contributed by atoms with Gasteiger partial charge in [-0.2, -0.15) is 0 Å². The first-order valence-corrected chi connectivity index (χ1v) is 12.7. The summed E-state index contributed by atoms with van der Waals surface area (Å²) >= 11 is 14.0. The Morgan fingerprint density at radius 1 is 1.05 bits per heavy atom. The quantitative estimate of drug-likeness (QED) is 0.201. The molecule has 1 aliphatic heterocycles. The van der Waals surface area contributed by atoms with Gasteiger partial charge in [-0.1, -0.05) is 41.4 Å². The van der Waals surface area contributed by atoms with Crippen LogP contribution in [-0.2, 0) is 14.4 Å². The van der Waals surface area contributed by atoms with Crippen molar-refractivity contribution in [2.75, 3.05) is 23.9 Å². The second-order valence-electron chi connectivity index (χ2n) is 7.79. The fraction of sp³-hybridized carbons (Fsp3) is 0.0769. The van der Waals surface area contributed by atoms with Crippen LogP contribution in [-0.4, -0.2) is 37.5 Å². The second kappa shape index (κ2) is 11.8. The van der Waals surface area contributed by atoms with Gasteiger partial charge in [-0.05, 0) is 76.7 Å². The lowest BCUT2D eigenvalue weighted by molar-refractivity contribution is -0.122. The van der Waals surface area contributed by atoms with Gasteiger partial charge in [0.1, 0.15) is 5.57 Å². The number of amides is 5. The van der Waals surface area contributed by atoms with E-state index in [4.69, 9.17) is 32.7 Å². The van der Waals surface area contributed by atoms with Crippen molar-refractivity contribution in [2.45, 2.75) is 0 Å². The zero-order valence-corrected chi connectivity index (χ0v) is 23.3. The molecule has 1 aliphatic rings.